The number of halogens is 1. The lowest BCUT2D eigenvalue weighted by atomic mass is 10.2. The standard InChI is InChI=1S/C17H29N5S.HI/c1-5-18-16(20-14-17(2,3)23-4)22-12-10-21(11-13-22)15-8-6-7-9-19-15;/h6-9H,5,10-14H2,1-4H3,(H,18,20);1H. The third kappa shape index (κ3) is 6.31. The van der Waals surface area contributed by atoms with Crippen molar-refractivity contribution in [2.45, 2.75) is 25.5 Å². The van der Waals surface area contributed by atoms with Crippen molar-refractivity contribution in [3.05, 3.63) is 24.4 Å². The Kier molecular flexibility index (Phi) is 9.18. The Hall–Kier alpha value is -0.700. The highest BCUT2D eigenvalue weighted by Gasteiger charge is 2.21. The normalized spacial score (nSPS) is 15.9. The molecule has 0 radical (unpaired) electrons. The molecule has 7 heteroatoms. The number of nitrogens with one attached hydrogen (secondary N) is 1. The Balaban J connectivity index is 0.00000288. The quantitative estimate of drug-likeness (QED) is 0.413. The van der Waals surface area contributed by atoms with Gasteiger partial charge in [-0.2, -0.15) is 11.8 Å². The van der Waals surface area contributed by atoms with Gasteiger partial charge in [-0.1, -0.05) is 6.07 Å². The molecule has 1 aliphatic heterocycles. The Labute approximate surface area is 167 Å². The molecule has 2 heterocycles. The van der Waals surface area contributed by atoms with Gasteiger partial charge in [0.05, 0.1) is 6.54 Å². The van der Waals surface area contributed by atoms with Crippen LogP contribution in [0, 0.1) is 0 Å². The van der Waals surface area contributed by atoms with Crippen LogP contribution in [0.2, 0.25) is 0 Å². The summed E-state index contributed by atoms with van der Waals surface area (Å²) in [7, 11) is 0. The van der Waals surface area contributed by atoms with Crippen molar-refractivity contribution < 1.29 is 0 Å². The van der Waals surface area contributed by atoms with Crippen molar-refractivity contribution >= 4 is 47.5 Å². The summed E-state index contributed by atoms with van der Waals surface area (Å²) in [6, 6.07) is 6.09. The van der Waals surface area contributed by atoms with Gasteiger partial charge in [-0.25, -0.2) is 4.98 Å². The fourth-order valence-corrected chi connectivity index (χ4v) is 2.64. The van der Waals surface area contributed by atoms with Gasteiger partial charge in [0, 0.05) is 43.7 Å². The average molecular weight is 463 g/mol. The summed E-state index contributed by atoms with van der Waals surface area (Å²) in [5.41, 5.74) is 0. The average Bonchev–Trinajstić information content (AvgIpc) is 2.59. The highest BCUT2D eigenvalue weighted by Crippen LogP contribution is 2.21. The molecule has 0 unspecified atom stereocenters. The van der Waals surface area contributed by atoms with Crippen LogP contribution in [0.15, 0.2) is 29.4 Å². The topological polar surface area (TPSA) is 43.8 Å². The molecule has 1 aromatic rings. The lowest BCUT2D eigenvalue weighted by molar-refractivity contribution is 0.371. The maximum atomic E-state index is 4.85. The molecule has 0 bridgehead atoms. The predicted molar refractivity (Wildman–Crippen MR) is 117 cm³/mol. The molecule has 0 spiro atoms. The number of hydrogen-bond acceptors (Lipinski definition) is 4. The summed E-state index contributed by atoms with van der Waals surface area (Å²) in [4.78, 5) is 14.0. The SMILES string of the molecule is CCNC(=NCC(C)(C)SC)N1CCN(c2ccccn2)CC1.I. The Bertz CT molecular complexity index is 501. The summed E-state index contributed by atoms with van der Waals surface area (Å²) >= 11 is 1.86. The zero-order valence-corrected chi connectivity index (χ0v) is 18.3. The van der Waals surface area contributed by atoms with Gasteiger partial charge in [0.25, 0.3) is 0 Å². The molecule has 1 saturated heterocycles. The first-order valence-corrected chi connectivity index (χ1v) is 9.52. The van der Waals surface area contributed by atoms with Crippen molar-refractivity contribution in [2.24, 2.45) is 4.99 Å². The van der Waals surface area contributed by atoms with E-state index < -0.39 is 0 Å². The fraction of sp³-hybridized carbons (Fsp3) is 0.647. The summed E-state index contributed by atoms with van der Waals surface area (Å²) in [6.45, 7) is 12.2. The van der Waals surface area contributed by atoms with E-state index in [-0.39, 0.29) is 28.7 Å². The van der Waals surface area contributed by atoms with Crippen molar-refractivity contribution in [1.82, 2.24) is 15.2 Å². The first-order valence-electron chi connectivity index (χ1n) is 8.30. The van der Waals surface area contributed by atoms with Crippen LogP contribution < -0.4 is 10.2 Å². The largest absolute Gasteiger partial charge is 0.357 e. The Morgan fingerprint density at radius 1 is 1.29 bits per heavy atom. The van der Waals surface area contributed by atoms with E-state index in [0.29, 0.717) is 0 Å². The Morgan fingerprint density at radius 2 is 2.00 bits per heavy atom. The third-order valence-electron chi connectivity index (χ3n) is 4.05. The van der Waals surface area contributed by atoms with E-state index in [0.717, 1.165) is 51.0 Å². The van der Waals surface area contributed by atoms with Gasteiger partial charge in [0.15, 0.2) is 5.96 Å². The number of pyridine rings is 1. The number of rotatable bonds is 5. The molecule has 136 valence electrons. The van der Waals surface area contributed by atoms with Crippen LogP contribution in [0.3, 0.4) is 0 Å². The van der Waals surface area contributed by atoms with E-state index in [1.165, 1.54) is 0 Å². The second-order valence-corrected chi connectivity index (χ2v) is 7.81. The van der Waals surface area contributed by atoms with E-state index >= 15 is 0 Å². The molecule has 0 aliphatic carbocycles. The third-order valence-corrected chi connectivity index (χ3v) is 5.28. The van der Waals surface area contributed by atoms with Gasteiger partial charge >= 0.3 is 0 Å². The first kappa shape index (κ1) is 21.3. The molecule has 5 nitrogen and oxygen atoms in total. The Morgan fingerprint density at radius 3 is 2.54 bits per heavy atom. The molecule has 0 saturated carbocycles. The van der Waals surface area contributed by atoms with Gasteiger partial charge in [-0.05, 0) is 39.2 Å². The molecular formula is C17H30IN5S. The number of anilines is 1. The molecule has 1 N–H and O–H groups in total. The van der Waals surface area contributed by atoms with Crippen molar-refractivity contribution in [2.75, 3.05) is 50.4 Å². The second-order valence-electron chi connectivity index (χ2n) is 6.30. The van der Waals surface area contributed by atoms with Crippen LogP contribution in [0.25, 0.3) is 0 Å². The predicted octanol–water partition coefficient (Wildman–Crippen LogP) is 2.93. The number of piperazine rings is 1. The van der Waals surface area contributed by atoms with E-state index in [4.69, 9.17) is 4.99 Å². The first-order chi connectivity index (χ1) is 11.1. The molecule has 2 rings (SSSR count). The number of aliphatic imine (C=N–C) groups is 1. The van der Waals surface area contributed by atoms with Gasteiger partial charge in [0.2, 0.25) is 0 Å². The molecule has 1 aliphatic rings. The van der Waals surface area contributed by atoms with E-state index in [1.54, 1.807) is 0 Å². The van der Waals surface area contributed by atoms with Crippen LogP contribution >= 0.6 is 35.7 Å². The van der Waals surface area contributed by atoms with E-state index in [2.05, 4.69) is 53.2 Å². The maximum Gasteiger partial charge on any atom is 0.194 e. The van der Waals surface area contributed by atoms with Crippen LogP contribution in [-0.2, 0) is 0 Å². The zero-order valence-electron chi connectivity index (χ0n) is 15.2. The number of aromatic nitrogens is 1. The smallest absolute Gasteiger partial charge is 0.194 e. The fourth-order valence-electron chi connectivity index (χ4n) is 2.44. The lowest BCUT2D eigenvalue weighted by Crippen LogP contribution is -2.53. The van der Waals surface area contributed by atoms with E-state index in [1.807, 2.05) is 30.1 Å². The lowest BCUT2D eigenvalue weighted by Gasteiger charge is -2.37. The molecule has 24 heavy (non-hydrogen) atoms. The van der Waals surface area contributed by atoms with Crippen molar-refractivity contribution in [3.8, 4) is 0 Å². The van der Waals surface area contributed by atoms with Crippen LogP contribution in [0.5, 0.6) is 0 Å². The summed E-state index contributed by atoms with van der Waals surface area (Å²) in [6.07, 6.45) is 4.01. The van der Waals surface area contributed by atoms with Gasteiger partial charge < -0.3 is 15.1 Å². The molecule has 0 amide bonds. The molecule has 0 atom stereocenters. The minimum absolute atomic E-state index is 0. The number of guanidine groups is 1. The minimum atomic E-state index is 0. The molecule has 0 aromatic carbocycles. The van der Waals surface area contributed by atoms with Gasteiger partial charge in [-0.3, -0.25) is 4.99 Å². The van der Waals surface area contributed by atoms with Crippen LogP contribution in [-0.4, -0.2) is 66.1 Å². The van der Waals surface area contributed by atoms with Crippen LogP contribution in [0.4, 0.5) is 5.82 Å². The molecule has 1 fully saturated rings. The monoisotopic (exact) mass is 463 g/mol. The zero-order chi connectivity index (χ0) is 16.7. The second kappa shape index (κ2) is 10.3. The summed E-state index contributed by atoms with van der Waals surface area (Å²) < 4.78 is 0.177. The number of thioether (sulfide) groups is 1. The molecular weight excluding hydrogens is 433 g/mol. The van der Waals surface area contributed by atoms with Crippen LogP contribution in [0.1, 0.15) is 20.8 Å². The maximum absolute atomic E-state index is 4.85. The van der Waals surface area contributed by atoms with Gasteiger partial charge in [0.1, 0.15) is 5.82 Å². The highest BCUT2D eigenvalue weighted by molar-refractivity contribution is 14.0. The number of hydrogen-bond donors (Lipinski definition) is 1. The highest BCUT2D eigenvalue weighted by atomic mass is 127. The van der Waals surface area contributed by atoms with Gasteiger partial charge in [-0.15, -0.1) is 24.0 Å². The summed E-state index contributed by atoms with van der Waals surface area (Å²) in [5, 5.41) is 3.44. The van der Waals surface area contributed by atoms with Crippen molar-refractivity contribution in [1.29, 1.82) is 0 Å². The minimum Gasteiger partial charge on any atom is -0.357 e. The summed E-state index contributed by atoms with van der Waals surface area (Å²) in [5.74, 6) is 2.10. The number of nitrogens with zero attached hydrogens (tertiary/aromatic N) is 4. The van der Waals surface area contributed by atoms with E-state index in [9.17, 15) is 0 Å². The molecule has 1 aromatic heterocycles. The van der Waals surface area contributed by atoms with Crippen molar-refractivity contribution in [3.63, 3.8) is 0 Å².